The largest absolute Gasteiger partial charge is 0.483 e. The van der Waals surface area contributed by atoms with Crippen molar-refractivity contribution in [3.8, 4) is 18.1 Å². The molecule has 5 nitrogen and oxygen atoms in total. The fourth-order valence-electron chi connectivity index (χ4n) is 2.09. The molecule has 5 heteroatoms. The van der Waals surface area contributed by atoms with Crippen molar-refractivity contribution in [2.45, 2.75) is 33.2 Å². The first kappa shape index (κ1) is 16.6. The molecule has 21 heavy (non-hydrogen) atoms. The van der Waals surface area contributed by atoms with Crippen LogP contribution in [0.5, 0.6) is 5.75 Å². The number of benzene rings is 1. The summed E-state index contributed by atoms with van der Waals surface area (Å²) in [7, 11) is 0. The van der Waals surface area contributed by atoms with E-state index in [0.29, 0.717) is 5.75 Å². The van der Waals surface area contributed by atoms with E-state index in [4.69, 9.17) is 16.3 Å². The second-order valence-corrected chi connectivity index (χ2v) is 4.88. The van der Waals surface area contributed by atoms with Crippen LogP contribution in [-0.2, 0) is 9.59 Å². The molecule has 1 aromatic rings. The zero-order valence-electron chi connectivity index (χ0n) is 12.4. The van der Waals surface area contributed by atoms with E-state index in [9.17, 15) is 9.59 Å². The van der Waals surface area contributed by atoms with Gasteiger partial charge in [0.1, 0.15) is 11.8 Å². The summed E-state index contributed by atoms with van der Waals surface area (Å²) in [4.78, 5) is 22.6. The van der Waals surface area contributed by atoms with Crippen LogP contribution in [0.3, 0.4) is 0 Å². The highest BCUT2D eigenvalue weighted by Gasteiger charge is 2.19. The number of carboxylic acid groups (broad SMARTS) is 1. The smallest absolute Gasteiger partial charge is 0.327 e. The van der Waals surface area contributed by atoms with E-state index in [1.54, 1.807) is 0 Å². The molecule has 0 aliphatic rings. The van der Waals surface area contributed by atoms with Gasteiger partial charge in [-0.3, -0.25) is 4.79 Å². The SMILES string of the molecule is C#CCC(NC(=O)COc1c(C)cc(C)cc1C)C(=O)O. The zero-order chi connectivity index (χ0) is 16.0. The number of aliphatic carboxylic acids is 1. The fourth-order valence-corrected chi connectivity index (χ4v) is 2.09. The number of carboxylic acids is 1. The van der Waals surface area contributed by atoms with Gasteiger partial charge in [-0.05, 0) is 31.9 Å². The molecule has 0 heterocycles. The second kappa shape index (κ2) is 7.34. The van der Waals surface area contributed by atoms with Crippen LogP contribution in [0.15, 0.2) is 12.1 Å². The molecule has 0 saturated carbocycles. The molecule has 1 atom stereocenters. The molecule has 0 aliphatic heterocycles. The highest BCUT2D eigenvalue weighted by Crippen LogP contribution is 2.24. The number of rotatable bonds is 6. The predicted molar refractivity (Wildman–Crippen MR) is 79.2 cm³/mol. The fraction of sp³-hybridized carbons (Fsp3) is 0.375. The summed E-state index contributed by atoms with van der Waals surface area (Å²) in [5, 5.41) is 11.2. The number of carbonyl (C=O) groups is 2. The lowest BCUT2D eigenvalue weighted by molar-refractivity contribution is -0.141. The molecular formula is C16H19NO4. The van der Waals surface area contributed by atoms with Crippen LogP contribution < -0.4 is 10.1 Å². The van der Waals surface area contributed by atoms with E-state index < -0.39 is 17.9 Å². The van der Waals surface area contributed by atoms with Crippen molar-refractivity contribution in [3.63, 3.8) is 0 Å². The molecule has 0 fully saturated rings. The van der Waals surface area contributed by atoms with E-state index in [1.807, 2.05) is 32.9 Å². The van der Waals surface area contributed by atoms with E-state index in [0.717, 1.165) is 16.7 Å². The van der Waals surface area contributed by atoms with Gasteiger partial charge in [0.25, 0.3) is 5.91 Å². The number of ether oxygens (including phenoxy) is 1. The Kier molecular flexibility index (Phi) is 5.79. The normalized spacial score (nSPS) is 11.3. The van der Waals surface area contributed by atoms with Crippen molar-refractivity contribution in [2.24, 2.45) is 0 Å². The van der Waals surface area contributed by atoms with Crippen LogP contribution in [-0.4, -0.2) is 29.6 Å². The van der Waals surface area contributed by atoms with Gasteiger partial charge in [-0.2, -0.15) is 0 Å². The number of terminal acetylenes is 1. The Balaban J connectivity index is 2.65. The topological polar surface area (TPSA) is 75.6 Å². The lowest BCUT2D eigenvalue weighted by atomic mass is 10.1. The zero-order valence-corrected chi connectivity index (χ0v) is 12.4. The minimum Gasteiger partial charge on any atom is -0.483 e. The summed E-state index contributed by atoms with van der Waals surface area (Å²) < 4.78 is 5.49. The summed E-state index contributed by atoms with van der Waals surface area (Å²) >= 11 is 0. The molecular weight excluding hydrogens is 270 g/mol. The Bertz CT molecular complexity index is 563. The lowest BCUT2D eigenvalue weighted by Crippen LogP contribution is -2.42. The Morgan fingerprint density at radius 2 is 1.90 bits per heavy atom. The molecule has 2 N–H and O–H groups in total. The molecule has 0 saturated heterocycles. The average molecular weight is 289 g/mol. The number of carbonyl (C=O) groups excluding carboxylic acids is 1. The van der Waals surface area contributed by atoms with Gasteiger partial charge in [-0.25, -0.2) is 4.79 Å². The number of aryl methyl sites for hydroxylation is 3. The molecule has 1 unspecified atom stereocenters. The van der Waals surface area contributed by atoms with Gasteiger partial charge in [-0.15, -0.1) is 12.3 Å². The van der Waals surface area contributed by atoms with Gasteiger partial charge in [0.05, 0.1) is 0 Å². The van der Waals surface area contributed by atoms with E-state index in [2.05, 4.69) is 11.2 Å². The number of nitrogens with one attached hydrogen (secondary N) is 1. The Morgan fingerprint density at radius 1 is 1.33 bits per heavy atom. The average Bonchev–Trinajstić information content (AvgIpc) is 2.36. The summed E-state index contributed by atoms with van der Waals surface area (Å²) in [6, 6.07) is 2.82. The number of amides is 1. The third-order valence-corrected chi connectivity index (χ3v) is 2.91. The molecule has 1 amide bonds. The monoisotopic (exact) mass is 289 g/mol. The first-order valence-corrected chi connectivity index (χ1v) is 6.51. The first-order chi connectivity index (χ1) is 9.85. The van der Waals surface area contributed by atoms with Crippen molar-refractivity contribution < 1.29 is 19.4 Å². The van der Waals surface area contributed by atoms with Crippen molar-refractivity contribution >= 4 is 11.9 Å². The standard InChI is InChI=1S/C16H19NO4/c1-5-6-13(16(19)20)17-14(18)9-21-15-11(3)7-10(2)8-12(15)4/h1,7-8,13H,6,9H2,2-4H3,(H,17,18)(H,19,20). The van der Waals surface area contributed by atoms with Crippen LogP contribution in [0.2, 0.25) is 0 Å². The van der Waals surface area contributed by atoms with E-state index in [1.165, 1.54) is 0 Å². The molecule has 1 aromatic carbocycles. The second-order valence-electron chi connectivity index (χ2n) is 4.88. The van der Waals surface area contributed by atoms with Gasteiger partial charge in [0, 0.05) is 6.42 Å². The molecule has 1 rings (SSSR count). The third-order valence-electron chi connectivity index (χ3n) is 2.91. The van der Waals surface area contributed by atoms with Crippen LogP contribution in [0.4, 0.5) is 0 Å². The molecule has 0 bridgehead atoms. The molecule has 112 valence electrons. The summed E-state index contributed by atoms with van der Waals surface area (Å²) in [5.41, 5.74) is 2.97. The van der Waals surface area contributed by atoms with Crippen molar-refractivity contribution in [1.29, 1.82) is 0 Å². The van der Waals surface area contributed by atoms with Crippen molar-refractivity contribution in [3.05, 3.63) is 28.8 Å². The van der Waals surface area contributed by atoms with Crippen LogP contribution in [0.1, 0.15) is 23.1 Å². The van der Waals surface area contributed by atoms with Crippen LogP contribution in [0, 0.1) is 33.1 Å². The highest BCUT2D eigenvalue weighted by molar-refractivity contribution is 5.84. The van der Waals surface area contributed by atoms with E-state index >= 15 is 0 Å². The van der Waals surface area contributed by atoms with Crippen LogP contribution in [0.25, 0.3) is 0 Å². The third kappa shape index (κ3) is 4.84. The highest BCUT2D eigenvalue weighted by atomic mass is 16.5. The quantitative estimate of drug-likeness (QED) is 0.780. The van der Waals surface area contributed by atoms with Gasteiger partial charge in [0.2, 0.25) is 0 Å². The predicted octanol–water partition coefficient (Wildman–Crippen LogP) is 1.58. The molecule has 0 aliphatic carbocycles. The lowest BCUT2D eigenvalue weighted by Gasteiger charge is -2.15. The maximum Gasteiger partial charge on any atom is 0.327 e. The Morgan fingerprint density at radius 3 is 2.38 bits per heavy atom. The summed E-state index contributed by atoms with van der Waals surface area (Å²) in [6.07, 6.45) is 5.00. The number of hydrogen-bond donors (Lipinski definition) is 2. The summed E-state index contributed by atoms with van der Waals surface area (Å²) in [5.74, 6) is 1.18. The van der Waals surface area contributed by atoms with Gasteiger partial charge >= 0.3 is 5.97 Å². The molecule has 0 aromatic heterocycles. The van der Waals surface area contributed by atoms with Gasteiger partial charge in [-0.1, -0.05) is 17.7 Å². The van der Waals surface area contributed by atoms with E-state index in [-0.39, 0.29) is 13.0 Å². The van der Waals surface area contributed by atoms with Crippen molar-refractivity contribution in [2.75, 3.05) is 6.61 Å². The van der Waals surface area contributed by atoms with Crippen molar-refractivity contribution in [1.82, 2.24) is 5.32 Å². The van der Waals surface area contributed by atoms with Gasteiger partial charge < -0.3 is 15.2 Å². The first-order valence-electron chi connectivity index (χ1n) is 6.51. The minimum atomic E-state index is -1.16. The maximum absolute atomic E-state index is 11.7. The Hall–Kier alpha value is -2.48. The number of hydrogen-bond acceptors (Lipinski definition) is 3. The minimum absolute atomic E-state index is 0.0658. The molecule has 0 radical (unpaired) electrons. The van der Waals surface area contributed by atoms with Gasteiger partial charge in [0.15, 0.2) is 6.61 Å². The summed E-state index contributed by atoms with van der Waals surface area (Å²) in [6.45, 7) is 5.52. The van der Waals surface area contributed by atoms with Crippen LogP contribution >= 0.6 is 0 Å². The maximum atomic E-state index is 11.7. The Labute approximate surface area is 124 Å². The molecule has 0 spiro atoms.